The lowest BCUT2D eigenvalue weighted by Crippen LogP contribution is -2.43. The van der Waals surface area contributed by atoms with Gasteiger partial charge < -0.3 is 10.6 Å². The van der Waals surface area contributed by atoms with E-state index >= 15 is 0 Å². The lowest BCUT2D eigenvalue weighted by molar-refractivity contribution is 0.0657. The first-order valence-electron chi connectivity index (χ1n) is 8.75. The molecule has 3 rings (SSSR count). The Balaban J connectivity index is 0.00000280. The van der Waals surface area contributed by atoms with Gasteiger partial charge in [0.05, 0.1) is 11.1 Å². The first-order valence-corrected chi connectivity index (χ1v) is 9.12. The van der Waals surface area contributed by atoms with E-state index in [0.29, 0.717) is 30.2 Å². The van der Waals surface area contributed by atoms with Crippen molar-refractivity contribution in [3.63, 3.8) is 0 Å². The molecule has 1 aliphatic heterocycles. The highest BCUT2D eigenvalue weighted by Crippen LogP contribution is 2.21. The van der Waals surface area contributed by atoms with E-state index in [1.165, 1.54) is 4.90 Å². The van der Waals surface area contributed by atoms with E-state index in [1.54, 1.807) is 31.3 Å². The Morgan fingerprint density at radius 1 is 0.964 bits per heavy atom. The van der Waals surface area contributed by atoms with E-state index < -0.39 is 0 Å². The number of halogens is 2. The maximum Gasteiger partial charge on any atom is 0.261 e. The summed E-state index contributed by atoms with van der Waals surface area (Å²) in [5.41, 5.74) is 1.99. The molecule has 0 spiro atoms. The van der Waals surface area contributed by atoms with Gasteiger partial charge in [-0.05, 0) is 30.2 Å². The van der Waals surface area contributed by atoms with Crippen LogP contribution < -0.4 is 10.6 Å². The van der Waals surface area contributed by atoms with E-state index in [1.807, 2.05) is 24.3 Å². The van der Waals surface area contributed by atoms with Crippen molar-refractivity contribution in [2.45, 2.75) is 6.42 Å². The Morgan fingerprint density at radius 2 is 1.54 bits per heavy atom. The second kappa shape index (κ2) is 10.4. The normalized spacial score (nSPS) is 13.2. The van der Waals surface area contributed by atoms with E-state index in [0.717, 1.165) is 17.0 Å². The van der Waals surface area contributed by atoms with Crippen LogP contribution in [0.4, 0.5) is 0 Å². The summed E-state index contributed by atoms with van der Waals surface area (Å²) in [5.74, 6) is 0.108. The monoisotopic (exact) mass is 512 g/mol. The molecule has 0 aromatic heterocycles. The van der Waals surface area contributed by atoms with Gasteiger partial charge in [0.15, 0.2) is 5.96 Å². The molecule has 2 amide bonds. The van der Waals surface area contributed by atoms with Gasteiger partial charge in [0, 0.05) is 31.7 Å². The Morgan fingerprint density at radius 3 is 2.14 bits per heavy atom. The van der Waals surface area contributed by atoms with Gasteiger partial charge in [-0.3, -0.25) is 19.5 Å². The van der Waals surface area contributed by atoms with Crippen LogP contribution in [0.25, 0.3) is 0 Å². The van der Waals surface area contributed by atoms with Crippen molar-refractivity contribution in [1.29, 1.82) is 0 Å². The van der Waals surface area contributed by atoms with Crippen LogP contribution in [0.2, 0.25) is 5.02 Å². The van der Waals surface area contributed by atoms with E-state index in [-0.39, 0.29) is 42.3 Å². The molecule has 28 heavy (non-hydrogen) atoms. The fraction of sp³-hybridized carbons (Fsp3) is 0.250. The molecule has 0 saturated carbocycles. The third kappa shape index (κ3) is 5.02. The van der Waals surface area contributed by atoms with Crippen LogP contribution in [0.15, 0.2) is 53.5 Å². The molecule has 2 N–H and O–H groups in total. The van der Waals surface area contributed by atoms with Gasteiger partial charge in [-0.15, -0.1) is 24.0 Å². The first-order chi connectivity index (χ1) is 13.1. The van der Waals surface area contributed by atoms with Crippen LogP contribution in [0.3, 0.4) is 0 Å². The molecular formula is C20H22ClIN4O2. The molecule has 0 aliphatic carbocycles. The summed E-state index contributed by atoms with van der Waals surface area (Å²) >= 11 is 6.15. The quantitative estimate of drug-likeness (QED) is 0.270. The molecule has 0 unspecified atom stereocenters. The molecule has 0 radical (unpaired) electrons. The summed E-state index contributed by atoms with van der Waals surface area (Å²) in [6.07, 6.45) is 0.763. The molecule has 1 aliphatic rings. The number of carbonyl (C=O) groups excluding carboxylic acids is 2. The number of amides is 2. The molecule has 0 saturated heterocycles. The van der Waals surface area contributed by atoms with Gasteiger partial charge in [0.1, 0.15) is 0 Å². The third-order valence-electron chi connectivity index (χ3n) is 4.37. The lowest BCUT2D eigenvalue weighted by atomic mass is 10.1. The zero-order chi connectivity index (χ0) is 19.2. The van der Waals surface area contributed by atoms with Crippen molar-refractivity contribution in [2.75, 3.05) is 26.7 Å². The van der Waals surface area contributed by atoms with Crippen molar-refractivity contribution in [3.05, 3.63) is 70.2 Å². The van der Waals surface area contributed by atoms with Crippen LogP contribution in [-0.4, -0.2) is 49.4 Å². The van der Waals surface area contributed by atoms with Crippen LogP contribution in [-0.2, 0) is 6.42 Å². The third-order valence-corrected chi connectivity index (χ3v) is 4.74. The summed E-state index contributed by atoms with van der Waals surface area (Å²) in [5, 5.41) is 7.07. The fourth-order valence-electron chi connectivity index (χ4n) is 2.97. The van der Waals surface area contributed by atoms with Gasteiger partial charge >= 0.3 is 0 Å². The molecule has 148 valence electrons. The highest BCUT2D eigenvalue weighted by atomic mass is 127. The van der Waals surface area contributed by atoms with Gasteiger partial charge in [-0.25, -0.2) is 0 Å². The summed E-state index contributed by atoms with van der Waals surface area (Å²) in [6, 6.07) is 14.6. The summed E-state index contributed by atoms with van der Waals surface area (Å²) in [4.78, 5) is 30.1. The topological polar surface area (TPSA) is 73.8 Å². The predicted octanol–water partition coefficient (Wildman–Crippen LogP) is 2.96. The molecule has 0 bridgehead atoms. The van der Waals surface area contributed by atoms with E-state index in [2.05, 4.69) is 15.6 Å². The van der Waals surface area contributed by atoms with Crippen molar-refractivity contribution in [1.82, 2.24) is 15.5 Å². The molecule has 2 aromatic carbocycles. The van der Waals surface area contributed by atoms with Crippen LogP contribution in [0.5, 0.6) is 0 Å². The number of hydrogen-bond acceptors (Lipinski definition) is 3. The number of guanidine groups is 1. The summed E-state index contributed by atoms with van der Waals surface area (Å²) in [7, 11) is 1.67. The minimum atomic E-state index is -0.251. The molecule has 1 heterocycles. The number of fused-ring (bicyclic) bond motifs is 1. The average molecular weight is 513 g/mol. The number of nitrogens with zero attached hydrogens (tertiary/aromatic N) is 2. The number of aliphatic imine (C=N–C) groups is 1. The standard InChI is InChI=1S/C20H21ClN4O2.HI/c1-22-20(23-11-10-14-6-2-5-9-17(14)21)24-12-13-25-18(26)15-7-3-4-8-16(15)19(25)27;/h2-9H,10-13H2,1H3,(H2,22,23,24);1H. The highest BCUT2D eigenvalue weighted by Gasteiger charge is 2.34. The lowest BCUT2D eigenvalue weighted by Gasteiger charge is -2.16. The summed E-state index contributed by atoms with van der Waals surface area (Å²) in [6.45, 7) is 1.35. The molecule has 0 fully saturated rings. The van der Waals surface area contributed by atoms with E-state index in [9.17, 15) is 9.59 Å². The second-order valence-electron chi connectivity index (χ2n) is 6.07. The van der Waals surface area contributed by atoms with Gasteiger partial charge in [-0.1, -0.05) is 41.9 Å². The largest absolute Gasteiger partial charge is 0.356 e. The number of imide groups is 1. The van der Waals surface area contributed by atoms with Crippen LogP contribution in [0.1, 0.15) is 26.3 Å². The number of nitrogens with one attached hydrogen (secondary N) is 2. The smallest absolute Gasteiger partial charge is 0.261 e. The van der Waals surface area contributed by atoms with Crippen molar-refractivity contribution in [2.24, 2.45) is 4.99 Å². The number of rotatable bonds is 6. The van der Waals surface area contributed by atoms with Gasteiger partial charge in [0.2, 0.25) is 0 Å². The number of carbonyl (C=O) groups is 2. The van der Waals surface area contributed by atoms with Crippen molar-refractivity contribution >= 4 is 53.4 Å². The Bertz CT molecular complexity index is 853. The summed E-state index contributed by atoms with van der Waals surface area (Å²) < 4.78 is 0. The zero-order valence-corrected chi connectivity index (χ0v) is 18.5. The predicted molar refractivity (Wildman–Crippen MR) is 122 cm³/mol. The SMILES string of the molecule is CN=C(NCCc1ccccc1Cl)NCCN1C(=O)c2ccccc2C1=O.I. The minimum absolute atomic E-state index is 0. The van der Waals surface area contributed by atoms with Gasteiger partial charge in [-0.2, -0.15) is 0 Å². The molecule has 0 atom stereocenters. The average Bonchev–Trinajstić information content (AvgIpc) is 2.93. The van der Waals surface area contributed by atoms with Crippen molar-refractivity contribution < 1.29 is 9.59 Å². The first kappa shape index (κ1) is 22.2. The fourth-order valence-corrected chi connectivity index (χ4v) is 3.20. The Kier molecular flexibility index (Phi) is 8.25. The molecule has 8 heteroatoms. The number of benzene rings is 2. The maximum atomic E-state index is 12.3. The zero-order valence-electron chi connectivity index (χ0n) is 15.4. The molecule has 6 nitrogen and oxygen atoms in total. The highest BCUT2D eigenvalue weighted by molar-refractivity contribution is 14.0. The second-order valence-corrected chi connectivity index (χ2v) is 6.48. The maximum absolute atomic E-state index is 12.3. The van der Waals surface area contributed by atoms with Gasteiger partial charge in [0.25, 0.3) is 11.8 Å². The van der Waals surface area contributed by atoms with Crippen LogP contribution >= 0.6 is 35.6 Å². The molecule has 2 aromatic rings. The van der Waals surface area contributed by atoms with E-state index in [4.69, 9.17) is 11.6 Å². The Labute approximate surface area is 186 Å². The van der Waals surface area contributed by atoms with Crippen LogP contribution in [0, 0.1) is 0 Å². The number of hydrogen-bond donors (Lipinski definition) is 2. The Hall–Kier alpha value is -2.13. The van der Waals surface area contributed by atoms with Crippen molar-refractivity contribution in [3.8, 4) is 0 Å². The minimum Gasteiger partial charge on any atom is -0.356 e. The molecular weight excluding hydrogens is 491 g/mol.